The van der Waals surface area contributed by atoms with Crippen LogP contribution in [0, 0.1) is 5.41 Å². The lowest BCUT2D eigenvalue weighted by atomic mass is 9.77. The van der Waals surface area contributed by atoms with Crippen molar-refractivity contribution in [1.29, 1.82) is 0 Å². The molecule has 1 aliphatic carbocycles. The molecule has 0 spiro atoms. The van der Waals surface area contributed by atoms with Gasteiger partial charge in [-0.15, -0.1) is 0 Å². The second-order valence-electron chi connectivity index (χ2n) is 7.33. The fourth-order valence-corrected chi connectivity index (χ4v) is 3.26. The van der Waals surface area contributed by atoms with Crippen molar-refractivity contribution < 1.29 is 13.2 Å². The van der Waals surface area contributed by atoms with Crippen LogP contribution in [0.5, 0.6) is 0 Å². The Morgan fingerprint density at radius 2 is 2.00 bits per heavy atom. The Morgan fingerprint density at radius 3 is 2.50 bits per heavy atom. The molecule has 0 aromatic heterocycles. The highest BCUT2D eigenvalue weighted by molar-refractivity contribution is 7.90. The minimum atomic E-state index is -3.00. The van der Waals surface area contributed by atoms with Crippen LogP contribution in [0.15, 0.2) is 11.6 Å². The number of hydrogen-bond acceptors (Lipinski definition) is 3. The Labute approximate surface area is 122 Å². The van der Waals surface area contributed by atoms with Gasteiger partial charge < -0.3 is 5.32 Å². The van der Waals surface area contributed by atoms with Crippen molar-refractivity contribution in [2.24, 2.45) is 5.41 Å². The van der Waals surface area contributed by atoms with E-state index < -0.39 is 15.4 Å². The molecule has 116 valence electrons. The van der Waals surface area contributed by atoms with E-state index in [1.54, 1.807) is 0 Å². The summed E-state index contributed by atoms with van der Waals surface area (Å²) >= 11 is 0. The molecule has 1 rings (SSSR count). The van der Waals surface area contributed by atoms with Crippen molar-refractivity contribution in [3.63, 3.8) is 0 Å². The fraction of sp³-hybridized carbons (Fsp3) is 0.800. The summed E-state index contributed by atoms with van der Waals surface area (Å²) < 4.78 is 22.5. The molecule has 0 bridgehead atoms. The zero-order chi connectivity index (χ0) is 15.6. The number of hydrogen-bond donors (Lipinski definition) is 1. The maximum absolute atomic E-state index is 12.3. The average Bonchev–Trinajstić information content (AvgIpc) is 2.24. The number of rotatable bonds is 5. The summed E-state index contributed by atoms with van der Waals surface area (Å²) in [7, 11) is -3.00. The molecule has 0 heterocycles. The van der Waals surface area contributed by atoms with Crippen LogP contribution in [0.3, 0.4) is 0 Å². The van der Waals surface area contributed by atoms with E-state index in [0.717, 1.165) is 24.8 Å². The molecular weight excluding hydrogens is 274 g/mol. The average molecular weight is 301 g/mol. The van der Waals surface area contributed by atoms with Crippen molar-refractivity contribution in [2.45, 2.75) is 58.9 Å². The monoisotopic (exact) mass is 301 g/mol. The van der Waals surface area contributed by atoms with Gasteiger partial charge in [-0.3, -0.25) is 4.79 Å². The van der Waals surface area contributed by atoms with Gasteiger partial charge in [0.25, 0.3) is 0 Å². The van der Waals surface area contributed by atoms with Crippen LogP contribution in [0.25, 0.3) is 0 Å². The normalized spacial score (nSPS) is 19.4. The lowest BCUT2D eigenvalue weighted by Crippen LogP contribution is -2.45. The third-order valence-electron chi connectivity index (χ3n) is 3.72. The second kappa shape index (κ2) is 5.88. The molecule has 5 heteroatoms. The lowest BCUT2D eigenvalue weighted by Gasteiger charge is -2.32. The zero-order valence-corrected chi connectivity index (χ0v) is 14.1. The summed E-state index contributed by atoms with van der Waals surface area (Å²) in [5, 5.41) is 2.96. The minimum Gasteiger partial charge on any atom is -0.347 e. The number of amides is 1. The van der Waals surface area contributed by atoms with Crippen molar-refractivity contribution in [3.05, 3.63) is 11.6 Å². The number of carbonyl (C=O) groups excluding carboxylic acids is 1. The molecule has 0 aromatic rings. The van der Waals surface area contributed by atoms with Crippen LogP contribution in [0.2, 0.25) is 0 Å². The molecule has 1 aliphatic rings. The van der Waals surface area contributed by atoms with Gasteiger partial charge in [0.2, 0.25) is 5.91 Å². The van der Waals surface area contributed by atoms with Crippen molar-refractivity contribution in [1.82, 2.24) is 5.32 Å². The van der Waals surface area contributed by atoms with Gasteiger partial charge in [-0.05, 0) is 44.9 Å². The van der Waals surface area contributed by atoms with E-state index in [2.05, 4.69) is 19.2 Å². The molecule has 0 fully saturated rings. The topological polar surface area (TPSA) is 63.2 Å². The molecule has 0 radical (unpaired) electrons. The van der Waals surface area contributed by atoms with Gasteiger partial charge in [-0.2, -0.15) is 0 Å². The van der Waals surface area contributed by atoms with Crippen LogP contribution in [0.1, 0.15) is 53.4 Å². The van der Waals surface area contributed by atoms with E-state index in [0.29, 0.717) is 6.42 Å². The Hall–Kier alpha value is -0.840. The maximum Gasteiger partial charge on any atom is 0.247 e. The molecule has 20 heavy (non-hydrogen) atoms. The quantitative estimate of drug-likeness (QED) is 0.848. The second-order valence-corrected chi connectivity index (χ2v) is 9.59. The third kappa shape index (κ3) is 6.07. The van der Waals surface area contributed by atoms with E-state index in [9.17, 15) is 13.2 Å². The van der Waals surface area contributed by atoms with Crippen LogP contribution in [-0.4, -0.2) is 31.9 Å². The fourth-order valence-electron chi connectivity index (χ4n) is 2.38. The van der Waals surface area contributed by atoms with Gasteiger partial charge in [0.1, 0.15) is 9.84 Å². The smallest absolute Gasteiger partial charge is 0.247 e. The Bertz CT molecular complexity index is 501. The van der Waals surface area contributed by atoms with E-state index in [-0.39, 0.29) is 17.1 Å². The third-order valence-corrected chi connectivity index (χ3v) is 4.67. The highest BCUT2D eigenvalue weighted by Crippen LogP contribution is 2.35. The summed E-state index contributed by atoms with van der Waals surface area (Å²) in [4.78, 5) is 12.3. The van der Waals surface area contributed by atoms with Gasteiger partial charge in [-0.1, -0.05) is 19.9 Å². The summed E-state index contributed by atoms with van der Waals surface area (Å²) in [5.74, 6) is 0.0291. The Kier molecular flexibility index (Phi) is 5.06. The number of allylic oxidation sites excluding steroid dienone is 1. The SMILES string of the molecule is CC1(C)CCC=C(C(=O)NC(C)(C)CCS(C)(=O)=O)C1. The van der Waals surface area contributed by atoms with Gasteiger partial charge >= 0.3 is 0 Å². The van der Waals surface area contributed by atoms with E-state index in [4.69, 9.17) is 0 Å². The first-order chi connectivity index (χ1) is 8.90. The van der Waals surface area contributed by atoms with Gasteiger partial charge in [0.05, 0.1) is 5.75 Å². The lowest BCUT2D eigenvalue weighted by molar-refractivity contribution is -0.119. The van der Waals surface area contributed by atoms with Gasteiger partial charge in [-0.25, -0.2) is 8.42 Å². The standard InChI is InChI=1S/C15H27NO3S/c1-14(2)8-6-7-12(11-14)13(17)16-15(3,4)9-10-20(5,18)19/h7H,6,8-11H2,1-5H3,(H,16,17). The van der Waals surface area contributed by atoms with Crippen molar-refractivity contribution in [3.8, 4) is 0 Å². The molecule has 0 aliphatic heterocycles. The van der Waals surface area contributed by atoms with Crippen LogP contribution >= 0.6 is 0 Å². The molecule has 0 unspecified atom stereocenters. The maximum atomic E-state index is 12.3. The first kappa shape index (κ1) is 17.2. The highest BCUT2D eigenvalue weighted by atomic mass is 32.2. The Morgan fingerprint density at radius 1 is 1.40 bits per heavy atom. The van der Waals surface area contributed by atoms with E-state index in [1.807, 2.05) is 19.9 Å². The molecule has 0 saturated heterocycles. The molecule has 4 nitrogen and oxygen atoms in total. The molecule has 1 amide bonds. The predicted octanol–water partition coefficient (Wildman–Crippen LogP) is 2.45. The van der Waals surface area contributed by atoms with Crippen molar-refractivity contribution in [2.75, 3.05) is 12.0 Å². The van der Waals surface area contributed by atoms with E-state index >= 15 is 0 Å². The van der Waals surface area contributed by atoms with Crippen molar-refractivity contribution >= 4 is 15.7 Å². The predicted molar refractivity (Wildman–Crippen MR) is 82.3 cm³/mol. The van der Waals surface area contributed by atoms with Crippen LogP contribution in [0.4, 0.5) is 0 Å². The molecule has 0 aromatic carbocycles. The minimum absolute atomic E-state index is 0.0590. The molecule has 0 atom stereocenters. The largest absolute Gasteiger partial charge is 0.347 e. The van der Waals surface area contributed by atoms with Crippen LogP contribution in [-0.2, 0) is 14.6 Å². The highest BCUT2D eigenvalue weighted by Gasteiger charge is 2.29. The Balaban J connectivity index is 2.63. The molecule has 0 saturated carbocycles. The molecular formula is C15H27NO3S. The number of nitrogens with one attached hydrogen (secondary N) is 1. The summed E-state index contributed by atoms with van der Waals surface area (Å²) in [5.41, 5.74) is 0.481. The summed E-state index contributed by atoms with van der Waals surface area (Å²) in [6.45, 7) is 8.07. The zero-order valence-electron chi connectivity index (χ0n) is 13.2. The van der Waals surface area contributed by atoms with Gasteiger partial charge in [0, 0.05) is 17.4 Å². The number of sulfone groups is 1. The first-order valence-corrected chi connectivity index (χ1v) is 9.16. The first-order valence-electron chi connectivity index (χ1n) is 7.10. The molecule has 1 N–H and O–H groups in total. The van der Waals surface area contributed by atoms with Gasteiger partial charge in [0.15, 0.2) is 0 Å². The summed E-state index contributed by atoms with van der Waals surface area (Å²) in [6.07, 6.45) is 6.46. The summed E-state index contributed by atoms with van der Waals surface area (Å²) in [6, 6.07) is 0. The van der Waals surface area contributed by atoms with E-state index in [1.165, 1.54) is 6.26 Å². The van der Waals surface area contributed by atoms with Crippen LogP contribution < -0.4 is 5.32 Å². The number of carbonyl (C=O) groups is 1.